The summed E-state index contributed by atoms with van der Waals surface area (Å²) in [6.07, 6.45) is 1.83. The van der Waals surface area contributed by atoms with E-state index in [1.807, 2.05) is 24.4 Å². The van der Waals surface area contributed by atoms with E-state index < -0.39 is 4.92 Å². The Bertz CT molecular complexity index is 293. The molecule has 0 saturated heterocycles. The SMILES string of the molecule is C.CC(C)(C)Sc1ccccn1.C[N+](=O)[O-]. The Morgan fingerprint density at radius 1 is 1.38 bits per heavy atom. The summed E-state index contributed by atoms with van der Waals surface area (Å²) in [6, 6.07) is 5.99. The average molecular weight is 244 g/mol. The van der Waals surface area contributed by atoms with E-state index in [2.05, 4.69) is 25.8 Å². The number of pyridine rings is 1. The van der Waals surface area contributed by atoms with Gasteiger partial charge in [0, 0.05) is 15.9 Å². The van der Waals surface area contributed by atoms with E-state index in [0.717, 1.165) is 12.1 Å². The second kappa shape index (κ2) is 8.10. The second-order valence-corrected chi connectivity index (χ2v) is 5.67. The number of thioether (sulfide) groups is 1. The molecule has 0 fully saturated rings. The van der Waals surface area contributed by atoms with Gasteiger partial charge in [-0.2, -0.15) is 0 Å². The minimum absolute atomic E-state index is 0. The first-order valence-corrected chi connectivity index (χ1v) is 5.31. The van der Waals surface area contributed by atoms with Crippen LogP contribution in [0.15, 0.2) is 29.4 Å². The highest BCUT2D eigenvalue weighted by Crippen LogP contribution is 2.29. The van der Waals surface area contributed by atoms with Crippen molar-refractivity contribution in [2.24, 2.45) is 0 Å². The Labute approximate surface area is 102 Å². The van der Waals surface area contributed by atoms with Crippen molar-refractivity contribution in [2.45, 2.75) is 38.0 Å². The van der Waals surface area contributed by atoms with Gasteiger partial charge in [0.25, 0.3) is 0 Å². The predicted molar refractivity (Wildman–Crippen MR) is 69.5 cm³/mol. The molecule has 0 aliphatic carbocycles. The smallest absolute Gasteiger partial charge is 0.194 e. The molecule has 0 aromatic carbocycles. The number of aromatic nitrogens is 1. The minimum Gasteiger partial charge on any atom is -0.265 e. The highest BCUT2D eigenvalue weighted by molar-refractivity contribution is 8.00. The van der Waals surface area contributed by atoms with Gasteiger partial charge in [0.2, 0.25) is 0 Å². The van der Waals surface area contributed by atoms with Crippen LogP contribution < -0.4 is 0 Å². The topological polar surface area (TPSA) is 56.0 Å². The Morgan fingerprint density at radius 2 is 1.88 bits per heavy atom. The van der Waals surface area contributed by atoms with Crippen LogP contribution in [-0.2, 0) is 0 Å². The van der Waals surface area contributed by atoms with E-state index in [1.54, 1.807) is 11.8 Å². The molecular weight excluding hydrogens is 224 g/mol. The Balaban J connectivity index is 0. The van der Waals surface area contributed by atoms with E-state index in [4.69, 9.17) is 10.1 Å². The van der Waals surface area contributed by atoms with Crippen molar-refractivity contribution >= 4 is 11.8 Å². The molecule has 0 unspecified atom stereocenters. The van der Waals surface area contributed by atoms with Gasteiger partial charge in [-0.1, -0.05) is 34.3 Å². The van der Waals surface area contributed by atoms with E-state index in [9.17, 15) is 0 Å². The van der Waals surface area contributed by atoms with Gasteiger partial charge in [0.15, 0.2) is 7.05 Å². The fraction of sp³-hybridized carbons (Fsp3) is 0.545. The lowest BCUT2D eigenvalue weighted by molar-refractivity contribution is -0.445. The molecule has 0 saturated carbocycles. The predicted octanol–water partition coefficient (Wildman–Crippen LogP) is 3.50. The van der Waals surface area contributed by atoms with E-state index in [1.165, 1.54) is 0 Å². The number of hydrogen-bond donors (Lipinski definition) is 0. The highest BCUT2D eigenvalue weighted by atomic mass is 32.2. The molecule has 0 N–H and O–H groups in total. The number of nitrogens with zero attached hydrogens (tertiary/aromatic N) is 2. The van der Waals surface area contributed by atoms with Gasteiger partial charge in [-0.05, 0) is 12.1 Å². The molecule has 0 aliphatic rings. The summed E-state index contributed by atoms with van der Waals surface area (Å²) in [5.74, 6) is 0. The molecule has 0 spiro atoms. The Kier molecular flexibility index (Phi) is 8.76. The third-order valence-electron chi connectivity index (χ3n) is 1.05. The van der Waals surface area contributed by atoms with Crippen LogP contribution in [0.3, 0.4) is 0 Å². The lowest BCUT2D eigenvalue weighted by Gasteiger charge is -2.15. The van der Waals surface area contributed by atoms with Gasteiger partial charge in [-0.3, -0.25) is 10.1 Å². The molecule has 16 heavy (non-hydrogen) atoms. The van der Waals surface area contributed by atoms with Crippen LogP contribution in [0.25, 0.3) is 0 Å². The number of nitro groups is 1. The van der Waals surface area contributed by atoms with Gasteiger partial charge in [0.05, 0.1) is 5.03 Å². The summed E-state index contributed by atoms with van der Waals surface area (Å²) in [6.45, 7) is 6.56. The zero-order valence-electron chi connectivity index (χ0n) is 9.43. The average Bonchev–Trinajstić information content (AvgIpc) is 2.01. The van der Waals surface area contributed by atoms with Crippen LogP contribution >= 0.6 is 11.8 Å². The van der Waals surface area contributed by atoms with E-state index in [-0.39, 0.29) is 12.2 Å². The van der Waals surface area contributed by atoms with Crippen molar-refractivity contribution in [3.63, 3.8) is 0 Å². The second-order valence-electron chi connectivity index (χ2n) is 3.82. The Hall–Kier alpha value is -1.10. The van der Waals surface area contributed by atoms with Crippen molar-refractivity contribution in [1.82, 2.24) is 4.98 Å². The molecule has 1 aromatic rings. The highest BCUT2D eigenvalue weighted by Gasteiger charge is 2.11. The number of rotatable bonds is 1. The first-order chi connectivity index (χ1) is 6.81. The van der Waals surface area contributed by atoms with E-state index in [0.29, 0.717) is 0 Å². The van der Waals surface area contributed by atoms with Crippen molar-refractivity contribution in [3.05, 3.63) is 34.5 Å². The molecule has 1 aromatic heterocycles. The number of hydrogen-bond acceptors (Lipinski definition) is 4. The van der Waals surface area contributed by atoms with Gasteiger partial charge < -0.3 is 0 Å². The van der Waals surface area contributed by atoms with Crippen molar-refractivity contribution in [1.29, 1.82) is 0 Å². The molecule has 92 valence electrons. The van der Waals surface area contributed by atoms with E-state index >= 15 is 0 Å². The molecule has 1 heterocycles. The minimum atomic E-state index is -0.500. The van der Waals surface area contributed by atoms with Crippen LogP contribution in [0.5, 0.6) is 0 Å². The van der Waals surface area contributed by atoms with Crippen molar-refractivity contribution < 1.29 is 4.92 Å². The van der Waals surface area contributed by atoms with Crippen LogP contribution in [0.4, 0.5) is 0 Å². The maximum Gasteiger partial charge on any atom is 0.194 e. The lowest BCUT2D eigenvalue weighted by Crippen LogP contribution is -2.06. The molecule has 0 atom stereocenters. The summed E-state index contributed by atoms with van der Waals surface area (Å²) in [4.78, 5) is 12.5. The van der Waals surface area contributed by atoms with Crippen LogP contribution in [0, 0.1) is 10.1 Å². The normalized spacial score (nSPS) is 9.50. The third-order valence-corrected chi connectivity index (χ3v) is 2.11. The zero-order chi connectivity index (χ0) is 11.9. The van der Waals surface area contributed by atoms with Crippen molar-refractivity contribution in [2.75, 3.05) is 7.05 Å². The summed E-state index contributed by atoms with van der Waals surface area (Å²) in [5.41, 5.74) is 0. The molecule has 0 amide bonds. The molecule has 0 bridgehead atoms. The van der Waals surface area contributed by atoms with Crippen LogP contribution in [0.2, 0.25) is 0 Å². The molecular formula is C11H20N2O2S. The zero-order valence-corrected chi connectivity index (χ0v) is 10.2. The largest absolute Gasteiger partial charge is 0.265 e. The van der Waals surface area contributed by atoms with Crippen LogP contribution in [-0.4, -0.2) is 21.7 Å². The Morgan fingerprint density at radius 3 is 2.19 bits per heavy atom. The first kappa shape index (κ1) is 17.3. The standard InChI is InChI=1S/C9H13NS.CH3NO2.CH4/c1-9(2,3)11-8-6-4-5-7-10-8;1-2(3)4;/h4-7H,1-3H3;1H3;1H4. The quantitative estimate of drug-likeness (QED) is 0.431. The maximum absolute atomic E-state index is 8.81. The first-order valence-electron chi connectivity index (χ1n) is 4.49. The fourth-order valence-electron chi connectivity index (χ4n) is 0.721. The summed E-state index contributed by atoms with van der Waals surface area (Å²) in [7, 11) is 0.889. The van der Waals surface area contributed by atoms with Gasteiger partial charge in [-0.25, -0.2) is 4.98 Å². The molecule has 0 aliphatic heterocycles. The van der Waals surface area contributed by atoms with Gasteiger partial charge >= 0.3 is 0 Å². The van der Waals surface area contributed by atoms with Crippen molar-refractivity contribution in [3.8, 4) is 0 Å². The summed E-state index contributed by atoms with van der Waals surface area (Å²) >= 11 is 1.79. The fourth-order valence-corrected chi connectivity index (χ4v) is 1.61. The molecule has 0 radical (unpaired) electrons. The maximum atomic E-state index is 8.81. The van der Waals surface area contributed by atoms with Gasteiger partial charge in [0.1, 0.15) is 0 Å². The molecule has 5 heteroatoms. The monoisotopic (exact) mass is 244 g/mol. The van der Waals surface area contributed by atoms with Crippen LogP contribution in [0.1, 0.15) is 28.2 Å². The lowest BCUT2D eigenvalue weighted by atomic mass is 10.3. The third kappa shape index (κ3) is 12.9. The molecule has 1 rings (SSSR count). The summed E-state index contributed by atoms with van der Waals surface area (Å²) < 4.78 is 0.258. The van der Waals surface area contributed by atoms with Gasteiger partial charge in [-0.15, -0.1) is 11.8 Å². The summed E-state index contributed by atoms with van der Waals surface area (Å²) in [5, 5.41) is 9.90. The molecule has 4 nitrogen and oxygen atoms in total.